The van der Waals surface area contributed by atoms with Gasteiger partial charge in [0.2, 0.25) is 0 Å². The maximum absolute atomic E-state index is 12.0. The number of oxime groups is 1. The van der Waals surface area contributed by atoms with Crippen LogP contribution >= 0.6 is 31.9 Å². The Kier molecular flexibility index (Phi) is 7.87. The first kappa shape index (κ1) is 20.2. The summed E-state index contributed by atoms with van der Waals surface area (Å²) in [7, 11) is 2.68. The second-order valence-electron chi connectivity index (χ2n) is 5.07. The van der Waals surface area contributed by atoms with Gasteiger partial charge in [-0.2, -0.15) is 0 Å². The van der Waals surface area contributed by atoms with E-state index in [-0.39, 0.29) is 12.3 Å². The maximum atomic E-state index is 12.0. The molecule has 0 atom stereocenters. The minimum atomic E-state index is -0.575. The summed E-state index contributed by atoms with van der Waals surface area (Å²) >= 11 is 6.68. The highest BCUT2D eigenvalue weighted by atomic mass is 79.9. The molecule has 26 heavy (non-hydrogen) atoms. The number of ether oxygens (including phenoxy) is 2. The van der Waals surface area contributed by atoms with Gasteiger partial charge in [-0.25, -0.2) is 4.79 Å². The zero-order valence-electron chi connectivity index (χ0n) is 14.2. The molecule has 136 valence electrons. The van der Waals surface area contributed by atoms with Crippen molar-refractivity contribution in [2.24, 2.45) is 5.16 Å². The Bertz CT molecular complexity index is 830. The van der Waals surface area contributed by atoms with Crippen molar-refractivity contribution in [1.29, 1.82) is 0 Å². The van der Waals surface area contributed by atoms with Gasteiger partial charge in [0.15, 0.2) is 5.71 Å². The summed E-state index contributed by atoms with van der Waals surface area (Å²) in [6.07, 6.45) is 1.92. The lowest BCUT2D eigenvalue weighted by Gasteiger charge is -2.12. The molecule has 0 spiro atoms. The molecular weight excluding hydrogens is 466 g/mol. The Balaban J connectivity index is 2.25. The lowest BCUT2D eigenvalue weighted by atomic mass is 10.0. The smallest absolute Gasteiger partial charge is 0.360 e. The molecule has 0 fully saturated rings. The molecule has 0 aliphatic rings. The highest BCUT2D eigenvalue weighted by Crippen LogP contribution is 2.22. The number of nitrogens with zero attached hydrogens (tertiary/aromatic N) is 1. The van der Waals surface area contributed by atoms with Crippen LogP contribution in [0.4, 0.5) is 0 Å². The van der Waals surface area contributed by atoms with Gasteiger partial charge in [0.25, 0.3) is 0 Å². The van der Waals surface area contributed by atoms with Crippen molar-refractivity contribution in [2.45, 2.75) is 6.61 Å². The molecule has 0 N–H and O–H groups in total. The van der Waals surface area contributed by atoms with Crippen molar-refractivity contribution >= 4 is 49.6 Å². The third-order valence-electron chi connectivity index (χ3n) is 3.36. The molecule has 2 aromatic carbocycles. The molecule has 2 aromatic rings. The number of benzene rings is 2. The van der Waals surface area contributed by atoms with Crippen LogP contribution in [0.25, 0.3) is 6.08 Å². The van der Waals surface area contributed by atoms with E-state index in [1.807, 2.05) is 48.5 Å². The average molecular weight is 483 g/mol. The zero-order valence-corrected chi connectivity index (χ0v) is 17.4. The zero-order chi connectivity index (χ0) is 18.9. The van der Waals surface area contributed by atoms with Crippen LogP contribution in [0.1, 0.15) is 16.7 Å². The molecule has 0 saturated heterocycles. The summed E-state index contributed by atoms with van der Waals surface area (Å²) in [6.45, 7) is 0.262. The molecule has 7 heteroatoms. The SMILES string of the molecule is CO/N=C(/C(=O)OC)c1ccccc1COc1cccc(C=C(Br)Br)c1. The van der Waals surface area contributed by atoms with E-state index in [1.165, 1.54) is 14.2 Å². The van der Waals surface area contributed by atoms with Gasteiger partial charge in [-0.3, -0.25) is 0 Å². The van der Waals surface area contributed by atoms with E-state index in [1.54, 1.807) is 6.07 Å². The first-order valence-electron chi connectivity index (χ1n) is 7.58. The van der Waals surface area contributed by atoms with E-state index in [9.17, 15) is 4.79 Å². The Morgan fingerprint density at radius 3 is 2.58 bits per heavy atom. The highest BCUT2D eigenvalue weighted by Gasteiger charge is 2.19. The third kappa shape index (κ3) is 5.71. The molecule has 0 heterocycles. The van der Waals surface area contributed by atoms with Gasteiger partial charge in [0.05, 0.1) is 10.5 Å². The normalized spacial score (nSPS) is 10.8. The molecule has 0 radical (unpaired) electrons. The predicted octanol–water partition coefficient (Wildman–Crippen LogP) is 4.88. The summed E-state index contributed by atoms with van der Waals surface area (Å²) in [5, 5.41) is 3.80. The fraction of sp³-hybridized carbons (Fsp3) is 0.158. The van der Waals surface area contributed by atoms with Gasteiger partial charge in [0, 0.05) is 5.56 Å². The lowest BCUT2D eigenvalue weighted by molar-refractivity contribution is -0.132. The van der Waals surface area contributed by atoms with Crippen LogP contribution in [0.2, 0.25) is 0 Å². The molecule has 0 saturated carbocycles. The monoisotopic (exact) mass is 481 g/mol. The number of hydrogen-bond acceptors (Lipinski definition) is 5. The van der Waals surface area contributed by atoms with Crippen LogP contribution in [-0.2, 0) is 21.0 Å². The van der Waals surface area contributed by atoms with E-state index in [2.05, 4.69) is 37.0 Å². The number of methoxy groups -OCH3 is 1. The van der Waals surface area contributed by atoms with E-state index < -0.39 is 5.97 Å². The van der Waals surface area contributed by atoms with Crippen LogP contribution in [-0.4, -0.2) is 25.9 Å². The Morgan fingerprint density at radius 2 is 1.88 bits per heavy atom. The van der Waals surface area contributed by atoms with Crippen LogP contribution in [0.3, 0.4) is 0 Å². The summed E-state index contributed by atoms with van der Waals surface area (Å²) in [5.74, 6) is 0.131. The highest BCUT2D eigenvalue weighted by molar-refractivity contribution is 9.28. The molecule has 0 amide bonds. The van der Waals surface area contributed by atoms with Crippen LogP contribution in [0.5, 0.6) is 5.75 Å². The second-order valence-corrected chi connectivity index (χ2v) is 7.84. The van der Waals surface area contributed by atoms with Crippen LogP contribution in [0, 0.1) is 0 Å². The van der Waals surface area contributed by atoms with Crippen molar-refractivity contribution in [3.8, 4) is 5.75 Å². The van der Waals surface area contributed by atoms with Crippen molar-refractivity contribution in [3.63, 3.8) is 0 Å². The number of hydrogen-bond donors (Lipinski definition) is 0. The van der Waals surface area contributed by atoms with Crippen molar-refractivity contribution in [3.05, 3.63) is 68.6 Å². The maximum Gasteiger partial charge on any atom is 0.360 e. The standard InChI is InChI=1S/C19H17Br2NO4/c1-24-19(23)18(22-25-2)16-9-4-3-7-14(16)12-26-15-8-5-6-13(10-15)11-17(20)21/h3-11H,12H2,1-2H3/b22-18+. The largest absolute Gasteiger partial charge is 0.489 e. The molecule has 0 aromatic heterocycles. The number of rotatable bonds is 7. The second kappa shape index (κ2) is 10.1. The molecule has 0 aliphatic heterocycles. The molecule has 0 aliphatic carbocycles. The molecular formula is C19H17Br2NO4. The topological polar surface area (TPSA) is 57.1 Å². The van der Waals surface area contributed by atoms with Gasteiger partial charge in [-0.05, 0) is 61.2 Å². The van der Waals surface area contributed by atoms with E-state index in [4.69, 9.17) is 14.3 Å². The number of carbonyl (C=O) groups is 1. The van der Waals surface area contributed by atoms with E-state index in [0.29, 0.717) is 11.3 Å². The molecule has 0 unspecified atom stereocenters. The summed E-state index contributed by atoms with van der Waals surface area (Å²) < 4.78 is 11.5. The minimum absolute atomic E-state index is 0.0918. The third-order valence-corrected chi connectivity index (χ3v) is 3.82. The van der Waals surface area contributed by atoms with Crippen LogP contribution in [0.15, 0.2) is 57.1 Å². The Hall–Kier alpha value is -2.12. The molecule has 2 rings (SSSR count). The van der Waals surface area contributed by atoms with Gasteiger partial charge in [0.1, 0.15) is 19.5 Å². The number of carbonyl (C=O) groups excluding carboxylic acids is 1. The first-order valence-corrected chi connectivity index (χ1v) is 9.17. The molecule has 0 bridgehead atoms. The van der Waals surface area contributed by atoms with Crippen molar-refractivity contribution in [1.82, 2.24) is 0 Å². The predicted molar refractivity (Wildman–Crippen MR) is 109 cm³/mol. The fourth-order valence-corrected chi connectivity index (χ4v) is 2.77. The summed E-state index contributed by atoms with van der Waals surface area (Å²) in [6, 6.07) is 15.0. The minimum Gasteiger partial charge on any atom is -0.489 e. The Morgan fingerprint density at radius 1 is 1.12 bits per heavy atom. The van der Waals surface area contributed by atoms with Gasteiger partial charge < -0.3 is 14.3 Å². The summed E-state index contributed by atoms with van der Waals surface area (Å²) in [4.78, 5) is 16.8. The number of esters is 1. The van der Waals surface area contributed by atoms with Gasteiger partial charge in [-0.15, -0.1) is 0 Å². The quantitative estimate of drug-likeness (QED) is 0.320. The van der Waals surface area contributed by atoms with Crippen molar-refractivity contribution in [2.75, 3.05) is 14.2 Å². The van der Waals surface area contributed by atoms with Crippen LogP contribution < -0.4 is 4.74 Å². The fourth-order valence-electron chi connectivity index (χ4n) is 2.24. The average Bonchev–Trinajstić information content (AvgIpc) is 2.64. The summed E-state index contributed by atoms with van der Waals surface area (Å²) in [5.41, 5.74) is 2.46. The van der Waals surface area contributed by atoms with Crippen molar-refractivity contribution < 1.29 is 19.1 Å². The van der Waals surface area contributed by atoms with Gasteiger partial charge in [-0.1, -0.05) is 41.6 Å². The Labute approximate surface area is 168 Å². The van der Waals surface area contributed by atoms with E-state index in [0.717, 1.165) is 14.5 Å². The first-order chi connectivity index (χ1) is 12.5. The van der Waals surface area contributed by atoms with Gasteiger partial charge >= 0.3 is 5.97 Å². The lowest BCUT2D eigenvalue weighted by Crippen LogP contribution is -2.19. The number of halogens is 2. The van der Waals surface area contributed by atoms with E-state index >= 15 is 0 Å². The molecule has 5 nitrogen and oxygen atoms in total.